The van der Waals surface area contributed by atoms with Gasteiger partial charge in [0, 0.05) is 24.8 Å². The SMILES string of the molecule is NC1CCC1.O=c1ccc2ncc(-c3cc4c(N5CCCC5CO)nccc4o3)n2[nH]1. The Morgan fingerprint density at radius 1 is 1.19 bits per heavy atom. The lowest BCUT2D eigenvalue weighted by atomic mass is 9.95. The van der Waals surface area contributed by atoms with Gasteiger partial charge in [-0.25, -0.2) is 14.5 Å². The standard InChI is InChI=1S/C18H17N5O3.C4H9N/c24-10-11-2-1-7-22(11)18-12-8-15(26-14(12)5-6-19-18)13-9-20-16-3-4-17(25)21-23(13)16;5-4-2-1-3-4/h3-6,8-9,11,24H,1-2,7,10H2,(H,21,25);4H,1-3,5H2. The molecule has 0 bridgehead atoms. The Morgan fingerprint density at radius 3 is 2.77 bits per heavy atom. The van der Waals surface area contributed by atoms with E-state index in [2.05, 4.69) is 20.0 Å². The van der Waals surface area contributed by atoms with Gasteiger partial charge < -0.3 is 20.2 Å². The highest BCUT2D eigenvalue weighted by Gasteiger charge is 2.27. The second-order valence-corrected chi connectivity index (χ2v) is 8.17. The highest BCUT2D eigenvalue weighted by atomic mass is 16.3. The van der Waals surface area contributed by atoms with E-state index in [0.717, 1.165) is 30.6 Å². The lowest BCUT2D eigenvalue weighted by Gasteiger charge is -2.24. The molecule has 6 rings (SSSR count). The van der Waals surface area contributed by atoms with Crippen molar-refractivity contribution in [1.82, 2.24) is 19.6 Å². The van der Waals surface area contributed by atoms with Crippen molar-refractivity contribution in [1.29, 1.82) is 0 Å². The maximum absolute atomic E-state index is 11.7. The first-order chi connectivity index (χ1) is 15.1. The van der Waals surface area contributed by atoms with Crippen LogP contribution in [0.3, 0.4) is 0 Å². The van der Waals surface area contributed by atoms with Crippen LogP contribution >= 0.6 is 0 Å². The number of hydrogen-bond donors (Lipinski definition) is 3. The van der Waals surface area contributed by atoms with E-state index in [1.807, 2.05) is 12.1 Å². The van der Waals surface area contributed by atoms with E-state index in [-0.39, 0.29) is 18.2 Å². The summed E-state index contributed by atoms with van der Waals surface area (Å²) in [4.78, 5) is 22.6. The average Bonchev–Trinajstić information content (AvgIpc) is 3.48. The van der Waals surface area contributed by atoms with E-state index in [0.29, 0.717) is 28.7 Å². The zero-order valence-corrected chi connectivity index (χ0v) is 17.2. The van der Waals surface area contributed by atoms with Crippen LogP contribution < -0.4 is 16.2 Å². The Hall–Kier alpha value is -3.17. The normalized spacial score (nSPS) is 18.9. The summed E-state index contributed by atoms with van der Waals surface area (Å²) in [5, 5.41) is 13.3. The van der Waals surface area contributed by atoms with Crippen LogP contribution in [0.15, 0.2) is 45.9 Å². The largest absolute Gasteiger partial charge is 0.454 e. The third-order valence-electron chi connectivity index (χ3n) is 6.08. The summed E-state index contributed by atoms with van der Waals surface area (Å²) in [6.45, 7) is 0.970. The minimum atomic E-state index is -0.210. The summed E-state index contributed by atoms with van der Waals surface area (Å²) in [7, 11) is 0. The molecular formula is C22H26N6O3. The average molecular weight is 422 g/mol. The third-order valence-corrected chi connectivity index (χ3v) is 6.08. The quantitative estimate of drug-likeness (QED) is 0.462. The van der Waals surface area contributed by atoms with Crippen molar-refractivity contribution in [2.45, 2.75) is 44.2 Å². The van der Waals surface area contributed by atoms with Gasteiger partial charge in [0.1, 0.15) is 17.1 Å². The van der Waals surface area contributed by atoms with Crippen LogP contribution in [0, 0.1) is 0 Å². The fourth-order valence-electron chi connectivity index (χ4n) is 4.12. The molecule has 1 aliphatic heterocycles. The van der Waals surface area contributed by atoms with E-state index in [1.54, 1.807) is 23.0 Å². The number of aromatic nitrogens is 4. The monoisotopic (exact) mass is 422 g/mol. The first-order valence-corrected chi connectivity index (χ1v) is 10.7. The van der Waals surface area contributed by atoms with E-state index in [1.165, 1.54) is 25.3 Å². The summed E-state index contributed by atoms with van der Waals surface area (Å²) in [6.07, 6.45) is 9.26. The molecule has 2 fully saturated rings. The van der Waals surface area contributed by atoms with Crippen LogP contribution in [0.25, 0.3) is 28.1 Å². The Balaban J connectivity index is 0.000000361. The lowest BCUT2D eigenvalue weighted by Crippen LogP contribution is -2.32. The number of nitrogens with two attached hydrogens (primary N) is 1. The number of hydrogen-bond acceptors (Lipinski definition) is 7. The van der Waals surface area contributed by atoms with Gasteiger partial charge in [0.25, 0.3) is 5.56 Å². The maximum atomic E-state index is 11.7. The van der Waals surface area contributed by atoms with Crippen LogP contribution in [0.1, 0.15) is 32.1 Å². The molecule has 1 unspecified atom stereocenters. The summed E-state index contributed by atoms with van der Waals surface area (Å²) in [5.74, 6) is 1.42. The number of anilines is 1. The van der Waals surface area contributed by atoms with Gasteiger partial charge in [0.15, 0.2) is 11.4 Å². The van der Waals surface area contributed by atoms with Crippen molar-refractivity contribution in [3.63, 3.8) is 0 Å². The molecule has 0 amide bonds. The molecule has 4 N–H and O–H groups in total. The van der Waals surface area contributed by atoms with Gasteiger partial charge in [-0.05, 0) is 43.9 Å². The minimum Gasteiger partial charge on any atom is -0.454 e. The van der Waals surface area contributed by atoms with Gasteiger partial charge in [-0.15, -0.1) is 0 Å². The molecule has 5 heterocycles. The Labute approximate surface area is 178 Å². The number of fused-ring (bicyclic) bond motifs is 2. The van der Waals surface area contributed by atoms with Gasteiger partial charge in [-0.3, -0.25) is 9.89 Å². The van der Waals surface area contributed by atoms with E-state index in [9.17, 15) is 9.90 Å². The molecule has 2 aliphatic rings. The Bertz CT molecular complexity index is 1260. The minimum absolute atomic E-state index is 0.0820. The number of imidazole rings is 1. The molecule has 0 spiro atoms. The fraction of sp³-hybridized carbons (Fsp3) is 0.409. The molecule has 1 atom stereocenters. The predicted octanol–water partition coefficient (Wildman–Crippen LogP) is 2.29. The smallest absolute Gasteiger partial charge is 0.263 e. The van der Waals surface area contributed by atoms with Crippen LogP contribution in [0.5, 0.6) is 0 Å². The molecular weight excluding hydrogens is 396 g/mol. The summed E-state index contributed by atoms with van der Waals surface area (Å²) in [6, 6.07) is 7.48. The van der Waals surface area contributed by atoms with Crippen molar-refractivity contribution in [2.75, 3.05) is 18.1 Å². The molecule has 1 saturated carbocycles. The maximum Gasteiger partial charge on any atom is 0.263 e. The molecule has 1 saturated heterocycles. The third kappa shape index (κ3) is 3.70. The number of aliphatic hydroxyl groups excluding tert-OH is 1. The van der Waals surface area contributed by atoms with Crippen LogP contribution in [0.2, 0.25) is 0 Å². The first-order valence-electron chi connectivity index (χ1n) is 10.7. The molecule has 9 nitrogen and oxygen atoms in total. The number of nitrogens with zero attached hydrogens (tertiary/aromatic N) is 4. The number of pyridine rings is 1. The van der Waals surface area contributed by atoms with Crippen molar-refractivity contribution >= 4 is 22.4 Å². The summed E-state index contributed by atoms with van der Waals surface area (Å²) < 4.78 is 7.63. The topological polar surface area (TPSA) is 126 Å². The van der Waals surface area contributed by atoms with E-state index >= 15 is 0 Å². The van der Waals surface area contributed by atoms with Crippen LogP contribution in [0.4, 0.5) is 5.82 Å². The molecule has 4 aromatic rings. The highest BCUT2D eigenvalue weighted by molar-refractivity contribution is 5.92. The fourth-order valence-corrected chi connectivity index (χ4v) is 4.12. The molecule has 4 aromatic heterocycles. The van der Waals surface area contributed by atoms with Crippen LogP contribution in [-0.2, 0) is 0 Å². The second kappa shape index (κ2) is 8.16. The lowest BCUT2D eigenvalue weighted by molar-refractivity contribution is 0.266. The first kappa shape index (κ1) is 19.8. The Morgan fingerprint density at radius 2 is 2.03 bits per heavy atom. The number of furan rings is 1. The second-order valence-electron chi connectivity index (χ2n) is 8.17. The zero-order chi connectivity index (χ0) is 21.4. The Kier molecular flexibility index (Phi) is 5.21. The number of aromatic amines is 1. The van der Waals surface area contributed by atoms with E-state index in [4.69, 9.17) is 10.2 Å². The number of rotatable bonds is 3. The van der Waals surface area contributed by atoms with Crippen molar-refractivity contribution in [3.05, 3.63) is 47.0 Å². The van der Waals surface area contributed by atoms with Crippen molar-refractivity contribution < 1.29 is 9.52 Å². The van der Waals surface area contributed by atoms with Crippen LogP contribution in [-0.4, -0.2) is 49.9 Å². The number of aliphatic hydroxyl groups is 1. The van der Waals surface area contributed by atoms with Gasteiger partial charge in [0.2, 0.25) is 0 Å². The summed E-state index contributed by atoms with van der Waals surface area (Å²) in [5.41, 5.74) is 7.18. The van der Waals surface area contributed by atoms with E-state index < -0.39 is 0 Å². The number of H-pyrrole nitrogens is 1. The summed E-state index contributed by atoms with van der Waals surface area (Å²) >= 11 is 0. The van der Waals surface area contributed by atoms with Gasteiger partial charge in [-0.2, -0.15) is 0 Å². The molecule has 9 heteroatoms. The van der Waals surface area contributed by atoms with Gasteiger partial charge in [0.05, 0.1) is 24.2 Å². The van der Waals surface area contributed by atoms with Gasteiger partial charge >= 0.3 is 0 Å². The molecule has 162 valence electrons. The van der Waals surface area contributed by atoms with Crippen molar-refractivity contribution in [2.24, 2.45) is 5.73 Å². The van der Waals surface area contributed by atoms with Crippen molar-refractivity contribution in [3.8, 4) is 11.5 Å². The zero-order valence-electron chi connectivity index (χ0n) is 17.2. The molecule has 0 aromatic carbocycles. The molecule has 31 heavy (non-hydrogen) atoms. The predicted molar refractivity (Wildman–Crippen MR) is 118 cm³/mol. The van der Waals surface area contributed by atoms with Gasteiger partial charge in [-0.1, -0.05) is 6.42 Å². The highest BCUT2D eigenvalue weighted by Crippen LogP contribution is 2.35. The molecule has 1 aliphatic carbocycles. The number of nitrogens with one attached hydrogen (secondary N) is 1. The molecule has 0 radical (unpaired) electrons.